The van der Waals surface area contributed by atoms with Crippen molar-refractivity contribution in [3.8, 4) is 0 Å². The Bertz CT molecular complexity index is 1130. The zero-order valence-electron chi connectivity index (χ0n) is 14.0. The maximum atomic E-state index is 12.9. The molecule has 26 heavy (non-hydrogen) atoms. The molecule has 1 aliphatic carbocycles. The number of carbonyl (C=O) groups is 1. The van der Waals surface area contributed by atoms with Gasteiger partial charge in [0.1, 0.15) is 5.65 Å². The van der Waals surface area contributed by atoms with Crippen molar-refractivity contribution < 1.29 is 9.90 Å². The summed E-state index contributed by atoms with van der Waals surface area (Å²) in [5.74, 6) is -1.07. The average molecular weight is 347 g/mol. The molecule has 1 aromatic carbocycles. The molecule has 0 spiro atoms. The van der Waals surface area contributed by atoms with Gasteiger partial charge in [-0.05, 0) is 60.7 Å². The summed E-state index contributed by atoms with van der Waals surface area (Å²) in [6.07, 6.45) is 5.67. The smallest absolute Gasteiger partial charge is 0.337 e. The number of nitrogens with two attached hydrogens (primary N) is 1. The number of fused-ring (bicyclic) bond motifs is 2. The fourth-order valence-electron chi connectivity index (χ4n) is 3.36. The first kappa shape index (κ1) is 16.1. The second-order valence-corrected chi connectivity index (χ2v) is 6.39. The first-order valence-electron chi connectivity index (χ1n) is 8.38. The van der Waals surface area contributed by atoms with E-state index in [0.29, 0.717) is 29.0 Å². The summed E-state index contributed by atoms with van der Waals surface area (Å²) in [6, 6.07) is 10.6. The van der Waals surface area contributed by atoms with Crippen LogP contribution in [0.15, 0.2) is 47.4 Å². The van der Waals surface area contributed by atoms with Crippen LogP contribution >= 0.6 is 0 Å². The lowest BCUT2D eigenvalue weighted by Gasteiger charge is -2.18. The highest BCUT2D eigenvalue weighted by atomic mass is 16.4. The molecular formula is C20H17N3O3. The van der Waals surface area contributed by atoms with Gasteiger partial charge in [-0.3, -0.25) is 9.20 Å². The van der Waals surface area contributed by atoms with Crippen LogP contribution in [0.3, 0.4) is 0 Å². The lowest BCUT2D eigenvalue weighted by molar-refractivity contribution is 0.0696. The molecule has 2 heterocycles. The number of benzene rings is 1. The van der Waals surface area contributed by atoms with Gasteiger partial charge in [0.25, 0.3) is 5.56 Å². The number of nitrogens with zero attached hydrogens (tertiary/aromatic N) is 2. The molecule has 6 nitrogen and oxygen atoms in total. The zero-order valence-corrected chi connectivity index (χ0v) is 14.0. The number of nitrogen functional groups attached to an aromatic ring is 1. The Kier molecular flexibility index (Phi) is 3.80. The number of rotatable bonds is 2. The fourth-order valence-corrected chi connectivity index (χ4v) is 3.36. The second kappa shape index (κ2) is 6.15. The van der Waals surface area contributed by atoms with Gasteiger partial charge in [-0.15, -0.1) is 0 Å². The van der Waals surface area contributed by atoms with E-state index in [0.717, 1.165) is 24.0 Å². The Morgan fingerprint density at radius 3 is 2.85 bits per heavy atom. The number of allylic oxidation sites excluding steroid dienone is 1. The van der Waals surface area contributed by atoms with Crippen molar-refractivity contribution in [1.29, 1.82) is 0 Å². The molecule has 1 aliphatic rings. The van der Waals surface area contributed by atoms with E-state index in [4.69, 9.17) is 10.8 Å². The van der Waals surface area contributed by atoms with E-state index in [1.807, 2.05) is 30.3 Å². The predicted octanol–water partition coefficient (Wildman–Crippen LogP) is 2.85. The summed E-state index contributed by atoms with van der Waals surface area (Å²) >= 11 is 0. The molecule has 6 heteroatoms. The summed E-state index contributed by atoms with van der Waals surface area (Å²) in [7, 11) is 0. The molecule has 0 saturated carbocycles. The van der Waals surface area contributed by atoms with Crippen LogP contribution in [0, 0.1) is 0 Å². The lowest BCUT2D eigenvalue weighted by Crippen LogP contribution is -2.25. The highest BCUT2D eigenvalue weighted by molar-refractivity contribution is 5.88. The van der Waals surface area contributed by atoms with Crippen LogP contribution in [0.25, 0.3) is 17.3 Å². The van der Waals surface area contributed by atoms with Crippen molar-refractivity contribution in [2.45, 2.75) is 19.3 Å². The van der Waals surface area contributed by atoms with Gasteiger partial charge in [0.05, 0.1) is 11.3 Å². The van der Waals surface area contributed by atoms with Gasteiger partial charge >= 0.3 is 5.97 Å². The SMILES string of the molecule is Nc1cccc(C=C2CCCc3c2nc2ccc(C(=O)O)cn2c3=O)c1. The lowest BCUT2D eigenvalue weighted by atomic mass is 9.90. The summed E-state index contributed by atoms with van der Waals surface area (Å²) < 4.78 is 1.33. The number of hydrogen-bond acceptors (Lipinski definition) is 4. The molecular weight excluding hydrogens is 330 g/mol. The molecule has 0 bridgehead atoms. The number of aromatic carboxylic acids is 1. The quantitative estimate of drug-likeness (QED) is 0.695. The minimum absolute atomic E-state index is 0.0627. The molecule has 3 aromatic rings. The Balaban J connectivity index is 1.91. The van der Waals surface area contributed by atoms with E-state index < -0.39 is 5.97 Å². The average Bonchev–Trinajstić information content (AvgIpc) is 2.62. The standard InChI is InChI=1S/C20H17N3O3/c21-15-5-1-3-12(10-15)9-13-4-2-6-16-18(13)22-17-8-7-14(20(25)26)11-23(17)19(16)24/h1,3,5,7-11H,2,4,6,21H2,(H,25,26). The summed E-state index contributed by atoms with van der Waals surface area (Å²) in [5.41, 5.74) is 10.1. The van der Waals surface area contributed by atoms with Crippen LogP contribution in [0.5, 0.6) is 0 Å². The molecule has 0 saturated heterocycles. The maximum Gasteiger partial charge on any atom is 0.337 e. The van der Waals surface area contributed by atoms with Crippen LogP contribution in [-0.2, 0) is 6.42 Å². The van der Waals surface area contributed by atoms with Crippen molar-refractivity contribution in [2.24, 2.45) is 0 Å². The van der Waals surface area contributed by atoms with Crippen molar-refractivity contribution in [1.82, 2.24) is 9.38 Å². The van der Waals surface area contributed by atoms with Gasteiger partial charge in [0, 0.05) is 17.4 Å². The van der Waals surface area contributed by atoms with Gasteiger partial charge < -0.3 is 10.8 Å². The second-order valence-electron chi connectivity index (χ2n) is 6.39. The topological polar surface area (TPSA) is 97.7 Å². The van der Waals surface area contributed by atoms with E-state index in [9.17, 15) is 9.59 Å². The number of carboxylic acids is 1. The van der Waals surface area contributed by atoms with Crippen molar-refractivity contribution in [2.75, 3.05) is 5.73 Å². The Morgan fingerprint density at radius 1 is 1.23 bits per heavy atom. The first-order chi connectivity index (χ1) is 12.5. The van der Waals surface area contributed by atoms with Crippen LogP contribution in [-0.4, -0.2) is 20.5 Å². The third-order valence-corrected chi connectivity index (χ3v) is 4.59. The number of aromatic nitrogens is 2. The monoisotopic (exact) mass is 347 g/mol. The molecule has 0 atom stereocenters. The fraction of sp³-hybridized carbons (Fsp3) is 0.150. The summed E-state index contributed by atoms with van der Waals surface area (Å²) in [6.45, 7) is 0. The van der Waals surface area contributed by atoms with Crippen LogP contribution < -0.4 is 11.3 Å². The van der Waals surface area contributed by atoms with Crippen LogP contribution in [0.2, 0.25) is 0 Å². The van der Waals surface area contributed by atoms with Crippen LogP contribution in [0.4, 0.5) is 5.69 Å². The molecule has 0 fully saturated rings. The minimum atomic E-state index is -1.07. The molecule has 0 aliphatic heterocycles. The number of anilines is 1. The first-order valence-corrected chi connectivity index (χ1v) is 8.38. The Labute approximate surface area is 149 Å². The van der Waals surface area contributed by atoms with E-state index in [-0.39, 0.29) is 11.1 Å². The van der Waals surface area contributed by atoms with Gasteiger partial charge in [-0.25, -0.2) is 9.78 Å². The number of hydrogen-bond donors (Lipinski definition) is 2. The number of carboxylic acid groups (broad SMARTS) is 1. The van der Waals surface area contributed by atoms with Crippen molar-refractivity contribution >= 4 is 29.0 Å². The van der Waals surface area contributed by atoms with Crippen molar-refractivity contribution in [3.05, 3.63) is 75.3 Å². The third-order valence-electron chi connectivity index (χ3n) is 4.59. The summed E-state index contributed by atoms with van der Waals surface area (Å²) in [5, 5.41) is 9.15. The van der Waals surface area contributed by atoms with Gasteiger partial charge in [0.15, 0.2) is 0 Å². The maximum absolute atomic E-state index is 12.9. The highest BCUT2D eigenvalue weighted by Crippen LogP contribution is 2.30. The Hall–Kier alpha value is -3.41. The molecule has 0 unspecified atom stereocenters. The van der Waals surface area contributed by atoms with E-state index >= 15 is 0 Å². The van der Waals surface area contributed by atoms with Gasteiger partial charge in [-0.1, -0.05) is 12.1 Å². The highest BCUT2D eigenvalue weighted by Gasteiger charge is 2.21. The summed E-state index contributed by atoms with van der Waals surface area (Å²) in [4.78, 5) is 28.7. The van der Waals surface area contributed by atoms with Gasteiger partial charge in [-0.2, -0.15) is 0 Å². The molecule has 3 N–H and O–H groups in total. The largest absolute Gasteiger partial charge is 0.478 e. The van der Waals surface area contributed by atoms with E-state index in [1.54, 1.807) is 6.07 Å². The van der Waals surface area contributed by atoms with Gasteiger partial charge in [0.2, 0.25) is 0 Å². The Morgan fingerprint density at radius 2 is 2.08 bits per heavy atom. The third kappa shape index (κ3) is 2.75. The van der Waals surface area contributed by atoms with E-state index in [1.165, 1.54) is 16.7 Å². The molecule has 0 amide bonds. The number of pyridine rings is 1. The van der Waals surface area contributed by atoms with E-state index in [2.05, 4.69) is 4.98 Å². The van der Waals surface area contributed by atoms with Crippen LogP contribution in [0.1, 0.15) is 40.0 Å². The molecule has 130 valence electrons. The zero-order chi connectivity index (χ0) is 18.3. The molecule has 2 aromatic heterocycles. The van der Waals surface area contributed by atoms with Crippen molar-refractivity contribution in [3.63, 3.8) is 0 Å². The predicted molar refractivity (Wildman–Crippen MR) is 100 cm³/mol. The normalized spacial score (nSPS) is 15.2. The minimum Gasteiger partial charge on any atom is -0.478 e. The molecule has 0 radical (unpaired) electrons. The molecule has 4 rings (SSSR count).